The molecule has 0 aliphatic carbocycles. The average molecular weight is 276 g/mol. The van der Waals surface area contributed by atoms with Crippen molar-refractivity contribution in [3.05, 3.63) is 29.8 Å². The lowest BCUT2D eigenvalue weighted by Gasteiger charge is -2.33. The summed E-state index contributed by atoms with van der Waals surface area (Å²) < 4.78 is 5.69. The van der Waals surface area contributed by atoms with Gasteiger partial charge in [-0.2, -0.15) is 0 Å². The second kappa shape index (κ2) is 8.02. The van der Waals surface area contributed by atoms with Crippen LogP contribution in [0.25, 0.3) is 0 Å². The van der Waals surface area contributed by atoms with Crippen LogP contribution in [0.2, 0.25) is 0 Å². The molecule has 1 aliphatic heterocycles. The van der Waals surface area contributed by atoms with Crippen LogP contribution in [0.4, 0.5) is 0 Å². The Bertz CT molecular complexity index is 397. The molecule has 2 rings (SSSR count). The smallest absolute Gasteiger partial charge is 0.150 e. The van der Waals surface area contributed by atoms with Crippen LogP contribution in [-0.4, -0.2) is 62.0 Å². The molecule has 1 fully saturated rings. The molecule has 0 amide bonds. The Morgan fingerprint density at radius 3 is 2.35 bits per heavy atom. The lowest BCUT2D eigenvalue weighted by atomic mass is 10.2. The van der Waals surface area contributed by atoms with Crippen LogP contribution in [0.15, 0.2) is 24.3 Å². The van der Waals surface area contributed by atoms with Gasteiger partial charge in [0.1, 0.15) is 12.0 Å². The number of ether oxygens (including phenoxy) is 1. The van der Waals surface area contributed by atoms with Crippen molar-refractivity contribution in [2.45, 2.75) is 13.3 Å². The van der Waals surface area contributed by atoms with Gasteiger partial charge in [-0.05, 0) is 37.2 Å². The number of hydrogen-bond acceptors (Lipinski definition) is 4. The van der Waals surface area contributed by atoms with Crippen molar-refractivity contribution >= 4 is 6.29 Å². The third-order valence-electron chi connectivity index (χ3n) is 3.82. The number of benzene rings is 1. The molecule has 0 unspecified atom stereocenters. The number of aldehydes is 1. The minimum absolute atomic E-state index is 0.686. The van der Waals surface area contributed by atoms with E-state index in [-0.39, 0.29) is 0 Å². The number of carbonyl (C=O) groups excluding carboxylic acids is 1. The summed E-state index contributed by atoms with van der Waals surface area (Å²) in [5.74, 6) is 0.839. The van der Waals surface area contributed by atoms with E-state index in [2.05, 4.69) is 16.7 Å². The van der Waals surface area contributed by atoms with E-state index >= 15 is 0 Å². The maximum absolute atomic E-state index is 10.5. The first-order valence-electron chi connectivity index (χ1n) is 7.44. The van der Waals surface area contributed by atoms with E-state index in [4.69, 9.17) is 4.74 Å². The van der Waals surface area contributed by atoms with Crippen molar-refractivity contribution in [2.24, 2.45) is 0 Å². The standard InChI is InChI=1S/C16H24N2O2/c1-2-17-9-11-18(12-10-17)8-3-13-20-16-6-4-15(14-19)5-7-16/h4-7,14H,2-3,8-13H2,1H3. The van der Waals surface area contributed by atoms with E-state index < -0.39 is 0 Å². The third kappa shape index (κ3) is 4.62. The maximum atomic E-state index is 10.5. The summed E-state index contributed by atoms with van der Waals surface area (Å²) in [6, 6.07) is 7.27. The Morgan fingerprint density at radius 1 is 1.10 bits per heavy atom. The predicted octanol–water partition coefficient (Wildman–Crippen LogP) is 1.91. The molecule has 1 saturated heterocycles. The van der Waals surface area contributed by atoms with E-state index in [1.165, 1.54) is 26.2 Å². The summed E-state index contributed by atoms with van der Waals surface area (Å²) in [7, 11) is 0. The summed E-state index contributed by atoms with van der Waals surface area (Å²) in [4.78, 5) is 15.5. The summed E-state index contributed by atoms with van der Waals surface area (Å²) in [5.41, 5.74) is 0.686. The summed E-state index contributed by atoms with van der Waals surface area (Å²) in [6.45, 7) is 9.92. The zero-order valence-corrected chi connectivity index (χ0v) is 12.3. The van der Waals surface area contributed by atoms with Gasteiger partial charge in [-0.15, -0.1) is 0 Å². The molecule has 0 bridgehead atoms. The van der Waals surface area contributed by atoms with Gasteiger partial charge in [0.05, 0.1) is 6.61 Å². The number of likely N-dealkylation sites (N-methyl/N-ethyl adjacent to an activating group) is 1. The minimum atomic E-state index is 0.686. The Kier molecular flexibility index (Phi) is 6.02. The second-order valence-corrected chi connectivity index (χ2v) is 5.16. The maximum Gasteiger partial charge on any atom is 0.150 e. The highest BCUT2D eigenvalue weighted by atomic mass is 16.5. The van der Waals surface area contributed by atoms with E-state index in [9.17, 15) is 4.79 Å². The van der Waals surface area contributed by atoms with Crippen molar-refractivity contribution in [3.63, 3.8) is 0 Å². The largest absolute Gasteiger partial charge is 0.494 e. The molecule has 4 heteroatoms. The molecule has 1 aliphatic rings. The topological polar surface area (TPSA) is 32.8 Å². The van der Waals surface area contributed by atoms with Gasteiger partial charge >= 0.3 is 0 Å². The number of carbonyl (C=O) groups is 1. The number of rotatable bonds is 7. The van der Waals surface area contributed by atoms with Crippen LogP contribution in [0.3, 0.4) is 0 Å². The third-order valence-corrected chi connectivity index (χ3v) is 3.82. The molecule has 0 saturated carbocycles. The van der Waals surface area contributed by atoms with Crippen molar-refractivity contribution in [1.29, 1.82) is 0 Å². The Hall–Kier alpha value is -1.39. The lowest BCUT2D eigenvalue weighted by molar-refractivity contribution is 0.112. The average Bonchev–Trinajstić information content (AvgIpc) is 2.53. The SMILES string of the molecule is CCN1CCN(CCCOc2ccc(C=O)cc2)CC1. The summed E-state index contributed by atoms with van der Waals surface area (Å²) in [5, 5.41) is 0. The predicted molar refractivity (Wildman–Crippen MR) is 80.5 cm³/mol. The molecule has 0 radical (unpaired) electrons. The van der Waals surface area contributed by atoms with Crippen LogP contribution in [0.5, 0.6) is 5.75 Å². The number of nitrogens with zero attached hydrogens (tertiary/aromatic N) is 2. The molecule has 0 N–H and O–H groups in total. The van der Waals surface area contributed by atoms with Crippen molar-refractivity contribution in [3.8, 4) is 5.75 Å². The van der Waals surface area contributed by atoms with E-state index in [0.717, 1.165) is 38.2 Å². The molecule has 0 aromatic heterocycles. The van der Waals surface area contributed by atoms with Crippen LogP contribution in [-0.2, 0) is 0 Å². The fourth-order valence-electron chi connectivity index (χ4n) is 2.45. The minimum Gasteiger partial charge on any atom is -0.494 e. The molecule has 1 aromatic carbocycles. The Labute approximate surface area is 121 Å². The first kappa shape index (κ1) is 15.0. The second-order valence-electron chi connectivity index (χ2n) is 5.16. The molecule has 110 valence electrons. The van der Waals surface area contributed by atoms with Crippen molar-refractivity contribution < 1.29 is 9.53 Å². The van der Waals surface area contributed by atoms with Crippen molar-refractivity contribution in [1.82, 2.24) is 9.80 Å². The van der Waals surface area contributed by atoms with Gasteiger partial charge in [0, 0.05) is 38.3 Å². The van der Waals surface area contributed by atoms with Crippen molar-refractivity contribution in [2.75, 3.05) is 45.9 Å². The normalized spacial score (nSPS) is 17.1. The highest BCUT2D eigenvalue weighted by molar-refractivity contribution is 5.74. The summed E-state index contributed by atoms with van der Waals surface area (Å²) >= 11 is 0. The van der Waals surface area contributed by atoms with Crippen LogP contribution >= 0.6 is 0 Å². The van der Waals surface area contributed by atoms with E-state index in [1.807, 2.05) is 12.1 Å². The van der Waals surface area contributed by atoms with Gasteiger partial charge in [0.25, 0.3) is 0 Å². The van der Waals surface area contributed by atoms with Crippen LogP contribution < -0.4 is 4.74 Å². The molecule has 0 spiro atoms. The van der Waals surface area contributed by atoms with Gasteiger partial charge in [0.2, 0.25) is 0 Å². The van der Waals surface area contributed by atoms with Crippen LogP contribution in [0.1, 0.15) is 23.7 Å². The fraction of sp³-hybridized carbons (Fsp3) is 0.562. The number of piperazine rings is 1. The van der Waals surface area contributed by atoms with E-state index in [0.29, 0.717) is 5.56 Å². The zero-order chi connectivity index (χ0) is 14.2. The van der Waals surface area contributed by atoms with Gasteiger partial charge < -0.3 is 14.5 Å². The first-order valence-corrected chi connectivity index (χ1v) is 7.44. The quantitative estimate of drug-likeness (QED) is 0.562. The lowest BCUT2D eigenvalue weighted by Crippen LogP contribution is -2.46. The molecular weight excluding hydrogens is 252 g/mol. The summed E-state index contributed by atoms with van der Waals surface area (Å²) in [6.07, 6.45) is 1.89. The fourth-order valence-corrected chi connectivity index (χ4v) is 2.45. The molecule has 1 heterocycles. The Balaban J connectivity index is 1.60. The van der Waals surface area contributed by atoms with Gasteiger partial charge in [-0.3, -0.25) is 4.79 Å². The van der Waals surface area contributed by atoms with Gasteiger partial charge in [-0.25, -0.2) is 0 Å². The molecular formula is C16H24N2O2. The molecule has 4 nitrogen and oxygen atoms in total. The van der Waals surface area contributed by atoms with E-state index in [1.54, 1.807) is 12.1 Å². The zero-order valence-electron chi connectivity index (χ0n) is 12.3. The number of hydrogen-bond donors (Lipinski definition) is 0. The molecule has 1 aromatic rings. The highest BCUT2D eigenvalue weighted by Crippen LogP contribution is 2.11. The highest BCUT2D eigenvalue weighted by Gasteiger charge is 2.14. The van der Waals surface area contributed by atoms with Gasteiger partial charge in [0.15, 0.2) is 0 Å². The molecule has 0 atom stereocenters. The van der Waals surface area contributed by atoms with Crippen LogP contribution in [0, 0.1) is 0 Å². The molecule has 20 heavy (non-hydrogen) atoms. The monoisotopic (exact) mass is 276 g/mol. The first-order chi connectivity index (χ1) is 9.81. The van der Waals surface area contributed by atoms with Gasteiger partial charge in [-0.1, -0.05) is 6.92 Å². The Morgan fingerprint density at radius 2 is 1.75 bits per heavy atom.